The maximum Gasteiger partial charge on any atom is 0.416 e. The van der Waals surface area contributed by atoms with Crippen LogP contribution in [0.15, 0.2) is 82.1 Å². The molecule has 0 aliphatic carbocycles. The van der Waals surface area contributed by atoms with Crippen LogP contribution in [0, 0.1) is 6.92 Å². The predicted octanol–water partition coefficient (Wildman–Crippen LogP) is 5.43. The molecule has 5 aromatic rings. The van der Waals surface area contributed by atoms with E-state index >= 15 is 0 Å². The molecule has 0 bridgehead atoms. The van der Waals surface area contributed by atoms with E-state index in [1.54, 1.807) is 30.3 Å². The number of aryl methyl sites for hydroxylation is 1. The fraction of sp³-hybridized carbons (Fsp3) is 0.0833. The average Bonchev–Trinajstić information content (AvgIpc) is 3.29. The summed E-state index contributed by atoms with van der Waals surface area (Å²) in [7, 11) is 0. The van der Waals surface area contributed by atoms with Gasteiger partial charge >= 0.3 is 6.18 Å². The topological polar surface area (TPSA) is 73.8 Å². The van der Waals surface area contributed by atoms with Gasteiger partial charge in [0.05, 0.1) is 16.6 Å². The first-order valence-electron chi connectivity index (χ1n) is 9.92. The third kappa shape index (κ3) is 3.78. The van der Waals surface area contributed by atoms with Crippen LogP contribution in [-0.4, -0.2) is 19.9 Å². The Kier molecular flexibility index (Phi) is 4.81. The fourth-order valence-corrected chi connectivity index (χ4v) is 3.53. The molecule has 33 heavy (non-hydrogen) atoms. The first-order valence-corrected chi connectivity index (χ1v) is 9.92. The second kappa shape index (κ2) is 7.70. The van der Waals surface area contributed by atoms with Crippen molar-refractivity contribution in [2.45, 2.75) is 13.1 Å². The zero-order valence-corrected chi connectivity index (χ0v) is 17.2. The van der Waals surface area contributed by atoms with Gasteiger partial charge in [0.25, 0.3) is 11.4 Å². The molecule has 0 spiro atoms. The van der Waals surface area contributed by atoms with Crippen molar-refractivity contribution in [1.82, 2.24) is 19.9 Å². The van der Waals surface area contributed by atoms with Crippen LogP contribution in [-0.2, 0) is 6.18 Å². The Bertz CT molecular complexity index is 1540. The normalized spacial score (nSPS) is 11.8. The van der Waals surface area contributed by atoms with Crippen LogP contribution in [0.5, 0.6) is 0 Å². The highest BCUT2D eigenvalue weighted by Crippen LogP contribution is 2.31. The van der Waals surface area contributed by atoms with E-state index in [9.17, 15) is 18.0 Å². The highest BCUT2D eigenvalue weighted by atomic mass is 19.4. The first-order chi connectivity index (χ1) is 15.8. The first kappa shape index (κ1) is 20.6. The van der Waals surface area contributed by atoms with Crippen molar-refractivity contribution in [3.63, 3.8) is 0 Å². The van der Waals surface area contributed by atoms with Crippen LogP contribution in [0.4, 0.5) is 13.2 Å². The van der Waals surface area contributed by atoms with E-state index in [2.05, 4.69) is 15.2 Å². The molecule has 164 valence electrons. The Labute approximate surface area is 184 Å². The molecule has 0 amide bonds. The summed E-state index contributed by atoms with van der Waals surface area (Å²) in [6, 6.07) is 18.7. The molecule has 0 fully saturated rings. The van der Waals surface area contributed by atoms with Crippen molar-refractivity contribution >= 4 is 10.8 Å². The van der Waals surface area contributed by atoms with Crippen molar-refractivity contribution in [1.29, 1.82) is 0 Å². The Morgan fingerprint density at radius 1 is 0.909 bits per heavy atom. The Hall–Kier alpha value is -4.27. The molecule has 0 unspecified atom stereocenters. The van der Waals surface area contributed by atoms with E-state index < -0.39 is 11.7 Å². The number of halogens is 3. The van der Waals surface area contributed by atoms with Crippen molar-refractivity contribution < 1.29 is 17.7 Å². The van der Waals surface area contributed by atoms with Gasteiger partial charge in [-0.05, 0) is 42.8 Å². The second-order valence-corrected chi connectivity index (χ2v) is 7.45. The van der Waals surface area contributed by atoms with Crippen LogP contribution < -0.4 is 5.56 Å². The lowest BCUT2D eigenvalue weighted by Crippen LogP contribution is -2.22. The van der Waals surface area contributed by atoms with Gasteiger partial charge < -0.3 is 4.52 Å². The van der Waals surface area contributed by atoms with Crippen molar-refractivity contribution in [3.05, 3.63) is 94.3 Å². The second-order valence-electron chi connectivity index (χ2n) is 7.45. The van der Waals surface area contributed by atoms with Gasteiger partial charge in [-0.15, -0.1) is 0 Å². The SMILES string of the molecule is Cc1cccc(-n2nc(-c3nc(-c4ccc(C(F)(F)F)cc4)no3)c3ccccc3c2=O)c1. The smallest absolute Gasteiger partial charge is 0.332 e. The van der Waals surface area contributed by atoms with Gasteiger partial charge in [-0.1, -0.05) is 47.6 Å². The van der Waals surface area contributed by atoms with Crippen LogP contribution in [0.3, 0.4) is 0 Å². The van der Waals surface area contributed by atoms with E-state index in [1.165, 1.54) is 16.8 Å². The van der Waals surface area contributed by atoms with E-state index in [0.717, 1.165) is 17.7 Å². The summed E-state index contributed by atoms with van der Waals surface area (Å²) in [6.45, 7) is 1.91. The van der Waals surface area contributed by atoms with Gasteiger partial charge in [0.2, 0.25) is 5.82 Å². The van der Waals surface area contributed by atoms with Gasteiger partial charge in [-0.3, -0.25) is 4.79 Å². The molecule has 0 radical (unpaired) electrons. The minimum atomic E-state index is -4.44. The van der Waals surface area contributed by atoms with Gasteiger partial charge in [0, 0.05) is 10.9 Å². The number of nitrogens with zero attached hydrogens (tertiary/aromatic N) is 4. The van der Waals surface area contributed by atoms with Gasteiger partial charge in [0.15, 0.2) is 5.69 Å². The highest BCUT2D eigenvalue weighted by molar-refractivity contribution is 5.92. The van der Waals surface area contributed by atoms with Gasteiger partial charge in [-0.25, -0.2) is 0 Å². The minimum Gasteiger partial charge on any atom is -0.332 e. The van der Waals surface area contributed by atoms with Crippen LogP contribution >= 0.6 is 0 Å². The monoisotopic (exact) mass is 448 g/mol. The number of benzene rings is 3. The lowest BCUT2D eigenvalue weighted by molar-refractivity contribution is -0.137. The van der Waals surface area contributed by atoms with Crippen molar-refractivity contribution in [2.75, 3.05) is 0 Å². The Morgan fingerprint density at radius 3 is 2.33 bits per heavy atom. The number of fused-ring (bicyclic) bond motifs is 1. The quantitative estimate of drug-likeness (QED) is 0.368. The average molecular weight is 448 g/mol. The lowest BCUT2D eigenvalue weighted by Gasteiger charge is -2.09. The summed E-state index contributed by atoms with van der Waals surface area (Å²) >= 11 is 0. The summed E-state index contributed by atoms with van der Waals surface area (Å²) in [5.41, 5.74) is 1.11. The summed E-state index contributed by atoms with van der Waals surface area (Å²) in [5.74, 6) is 0.153. The zero-order chi connectivity index (χ0) is 23.2. The molecular weight excluding hydrogens is 433 g/mol. The van der Waals surface area contributed by atoms with Crippen molar-refractivity contribution in [3.8, 4) is 28.7 Å². The third-order valence-corrected chi connectivity index (χ3v) is 5.15. The standard InChI is InChI=1S/C24H15F3N4O2/c1-14-5-4-6-17(13-14)31-23(32)19-8-3-2-7-18(19)20(29-31)22-28-21(30-33-22)15-9-11-16(12-10-15)24(25,26)27/h2-13H,1H3. The maximum absolute atomic E-state index is 13.1. The molecule has 0 atom stereocenters. The van der Waals surface area contributed by atoms with Gasteiger partial charge in [-0.2, -0.15) is 27.9 Å². The summed E-state index contributed by atoms with van der Waals surface area (Å²) in [5, 5.41) is 9.34. The lowest BCUT2D eigenvalue weighted by atomic mass is 10.1. The fourth-order valence-electron chi connectivity index (χ4n) is 3.53. The molecule has 6 nitrogen and oxygen atoms in total. The molecule has 5 rings (SSSR count). The molecule has 0 aliphatic heterocycles. The number of rotatable bonds is 3. The Balaban J connectivity index is 1.64. The molecule has 9 heteroatoms. The van der Waals surface area contributed by atoms with E-state index in [-0.39, 0.29) is 23.0 Å². The molecule has 2 aromatic heterocycles. The maximum atomic E-state index is 13.1. The molecule has 0 saturated carbocycles. The largest absolute Gasteiger partial charge is 0.416 e. The van der Waals surface area contributed by atoms with Crippen LogP contribution in [0.2, 0.25) is 0 Å². The summed E-state index contributed by atoms with van der Waals surface area (Å²) in [6.07, 6.45) is -4.44. The predicted molar refractivity (Wildman–Crippen MR) is 116 cm³/mol. The van der Waals surface area contributed by atoms with Crippen LogP contribution in [0.25, 0.3) is 39.4 Å². The van der Waals surface area contributed by atoms with Crippen LogP contribution in [0.1, 0.15) is 11.1 Å². The van der Waals surface area contributed by atoms with Crippen molar-refractivity contribution in [2.24, 2.45) is 0 Å². The minimum absolute atomic E-state index is 0.0440. The Morgan fingerprint density at radius 2 is 1.64 bits per heavy atom. The number of hydrogen-bond donors (Lipinski definition) is 0. The molecular formula is C24H15F3N4O2. The summed E-state index contributed by atoms with van der Waals surface area (Å²) in [4.78, 5) is 17.4. The number of hydrogen-bond acceptors (Lipinski definition) is 5. The number of alkyl halides is 3. The van der Waals surface area contributed by atoms with E-state index in [1.807, 2.05) is 25.1 Å². The van der Waals surface area contributed by atoms with Gasteiger partial charge in [0.1, 0.15) is 0 Å². The molecule has 3 aromatic carbocycles. The number of aromatic nitrogens is 4. The summed E-state index contributed by atoms with van der Waals surface area (Å²) < 4.78 is 45.2. The highest BCUT2D eigenvalue weighted by Gasteiger charge is 2.30. The molecule has 0 N–H and O–H groups in total. The molecule has 0 saturated heterocycles. The molecule has 2 heterocycles. The third-order valence-electron chi connectivity index (χ3n) is 5.15. The van der Waals surface area contributed by atoms with E-state index in [4.69, 9.17) is 4.52 Å². The van der Waals surface area contributed by atoms with E-state index in [0.29, 0.717) is 22.0 Å². The molecule has 0 aliphatic rings. The zero-order valence-electron chi connectivity index (χ0n) is 17.2.